The zero-order chi connectivity index (χ0) is 15.5. The summed E-state index contributed by atoms with van der Waals surface area (Å²) in [6, 6.07) is 3.72. The minimum Gasteiger partial charge on any atom is -0.480 e. The van der Waals surface area contributed by atoms with Crippen LogP contribution in [0.15, 0.2) is 18.2 Å². The van der Waals surface area contributed by atoms with E-state index in [1.54, 1.807) is 19.1 Å². The molecule has 1 aliphatic carbocycles. The molecule has 0 aliphatic heterocycles. The highest BCUT2D eigenvalue weighted by molar-refractivity contribution is 5.94. The molecule has 1 aromatic rings. The Balaban J connectivity index is 2.05. The van der Waals surface area contributed by atoms with Gasteiger partial charge in [-0.2, -0.15) is 0 Å². The SMILES string of the molecule is Cc1ccc(NC(=O)NC2(C(=O)O)CCCCC2)cc1F. The van der Waals surface area contributed by atoms with Crippen LogP contribution >= 0.6 is 0 Å². The van der Waals surface area contributed by atoms with Gasteiger partial charge in [0.05, 0.1) is 0 Å². The van der Waals surface area contributed by atoms with Gasteiger partial charge < -0.3 is 15.7 Å². The Bertz CT molecular complexity index is 554. The molecule has 1 fully saturated rings. The fourth-order valence-corrected chi connectivity index (χ4v) is 2.60. The minimum absolute atomic E-state index is 0.298. The van der Waals surface area contributed by atoms with Crippen molar-refractivity contribution < 1.29 is 19.1 Å². The molecule has 3 N–H and O–H groups in total. The first-order valence-corrected chi connectivity index (χ1v) is 7.02. The van der Waals surface area contributed by atoms with Gasteiger partial charge in [-0.05, 0) is 37.5 Å². The van der Waals surface area contributed by atoms with Crippen molar-refractivity contribution in [3.8, 4) is 0 Å². The third-order valence-corrected chi connectivity index (χ3v) is 3.90. The Hall–Kier alpha value is -2.11. The number of carbonyl (C=O) groups is 2. The molecule has 1 aromatic carbocycles. The number of aryl methyl sites for hydroxylation is 1. The molecule has 2 rings (SSSR count). The fourth-order valence-electron chi connectivity index (χ4n) is 2.60. The number of carboxylic acids is 1. The first kappa shape index (κ1) is 15.3. The lowest BCUT2D eigenvalue weighted by Gasteiger charge is -2.33. The molecule has 1 saturated carbocycles. The van der Waals surface area contributed by atoms with Crippen molar-refractivity contribution in [2.24, 2.45) is 0 Å². The van der Waals surface area contributed by atoms with E-state index in [0.29, 0.717) is 24.1 Å². The van der Waals surface area contributed by atoms with Gasteiger partial charge in [0.15, 0.2) is 0 Å². The second kappa shape index (κ2) is 6.11. The third-order valence-electron chi connectivity index (χ3n) is 3.90. The summed E-state index contributed by atoms with van der Waals surface area (Å²) in [5.74, 6) is -1.44. The summed E-state index contributed by atoms with van der Waals surface area (Å²) in [4.78, 5) is 23.4. The molecular weight excluding hydrogens is 275 g/mol. The number of rotatable bonds is 3. The molecular formula is C15H19FN2O3. The Labute approximate surface area is 122 Å². The van der Waals surface area contributed by atoms with Crippen LogP contribution in [0, 0.1) is 12.7 Å². The van der Waals surface area contributed by atoms with Crippen LogP contribution in [0.2, 0.25) is 0 Å². The van der Waals surface area contributed by atoms with Gasteiger partial charge in [-0.1, -0.05) is 25.3 Å². The highest BCUT2D eigenvalue weighted by atomic mass is 19.1. The first-order chi connectivity index (χ1) is 9.93. The molecule has 2 amide bonds. The van der Waals surface area contributed by atoms with Crippen LogP contribution in [0.5, 0.6) is 0 Å². The maximum absolute atomic E-state index is 13.4. The number of amides is 2. The van der Waals surface area contributed by atoms with E-state index in [-0.39, 0.29) is 0 Å². The van der Waals surface area contributed by atoms with E-state index in [1.807, 2.05) is 0 Å². The summed E-state index contributed by atoms with van der Waals surface area (Å²) in [5.41, 5.74) is -0.437. The molecule has 21 heavy (non-hydrogen) atoms. The van der Waals surface area contributed by atoms with Gasteiger partial charge in [0.2, 0.25) is 0 Å². The Morgan fingerprint density at radius 2 is 1.90 bits per heavy atom. The number of carbonyl (C=O) groups excluding carboxylic acids is 1. The highest BCUT2D eigenvalue weighted by Crippen LogP contribution is 2.28. The van der Waals surface area contributed by atoms with E-state index < -0.39 is 23.4 Å². The summed E-state index contributed by atoms with van der Waals surface area (Å²) in [6.07, 6.45) is 3.34. The Kier molecular flexibility index (Phi) is 4.45. The van der Waals surface area contributed by atoms with Crippen LogP contribution in [-0.2, 0) is 4.79 Å². The molecule has 0 aromatic heterocycles. The predicted octanol–water partition coefficient (Wildman–Crippen LogP) is 3.04. The van der Waals surface area contributed by atoms with Crippen LogP contribution in [-0.4, -0.2) is 22.6 Å². The lowest BCUT2D eigenvalue weighted by molar-refractivity contribution is -0.145. The number of hydrogen-bond acceptors (Lipinski definition) is 2. The summed E-state index contributed by atoms with van der Waals surface area (Å²) >= 11 is 0. The van der Waals surface area contributed by atoms with E-state index in [1.165, 1.54) is 6.07 Å². The maximum Gasteiger partial charge on any atom is 0.329 e. The molecule has 0 heterocycles. The van der Waals surface area contributed by atoms with Crippen molar-refractivity contribution in [2.75, 3.05) is 5.32 Å². The monoisotopic (exact) mass is 294 g/mol. The molecule has 0 radical (unpaired) electrons. The van der Waals surface area contributed by atoms with Crippen molar-refractivity contribution in [1.29, 1.82) is 0 Å². The average Bonchev–Trinajstić information content (AvgIpc) is 2.43. The van der Waals surface area contributed by atoms with Crippen LogP contribution in [0.25, 0.3) is 0 Å². The zero-order valence-electron chi connectivity index (χ0n) is 11.9. The van der Waals surface area contributed by atoms with Crippen molar-refractivity contribution in [2.45, 2.75) is 44.6 Å². The normalized spacial score (nSPS) is 17.0. The topological polar surface area (TPSA) is 78.4 Å². The number of urea groups is 1. The fraction of sp³-hybridized carbons (Fsp3) is 0.467. The quantitative estimate of drug-likeness (QED) is 0.801. The van der Waals surface area contributed by atoms with Crippen molar-refractivity contribution >= 4 is 17.7 Å². The van der Waals surface area contributed by atoms with Crippen LogP contribution in [0.3, 0.4) is 0 Å². The third kappa shape index (κ3) is 3.51. The number of halogens is 1. The zero-order valence-corrected chi connectivity index (χ0v) is 11.9. The molecule has 0 unspecified atom stereocenters. The summed E-state index contributed by atoms with van der Waals surface area (Å²) < 4.78 is 13.4. The van der Waals surface area contributed by atoms with Gasteiger partial charge >= 0.3 is 12.0 Å². The second-order valence-electron chi connectivity index (χ2n) is 5.49. The van der Waals surface area contributed by atoms with Gasteiger partial charge in [0, 0.05) is 5.69 Å². The standard InChI is InChI=1S/C15H19FN2O3/c1-10-5-6-11(9-12(10)16)17-14(21)18-15(13(19)20)7-3-2-4-8-15/h5-6,9H,2-4,7-8H2,1H3,(H,19,20)(H2,17,18,21). The predicted molar refractivity (Wildman–Crippen MR) is 76.7 cm³/mol. The molecule has 1 aliphatic rings. The second-order valence-corrected chi connectivity index (χ2v) is 5.49. The Morgan fingerprint density at radius 1 is 1.24 bits per heavy atom. The van der Waals surface area contributed by atoms with E-state index in [2.05, 4.69) is 10.6 Å². The van der Waals surface area contributed by atoms with Gasteiger partial charge in [-0.25, -0.2) is 14.0 Å². The molecule has 0 saturated heterocycles. The van der Waals surface area contributed by atoms with Crippen LogP contribution in [0.4, 0.5) is 14.9 Å². The van der Waals surface area contributed by atoms with E-state index in [9.17, 15) is 19.1 Å². The van der Waals surface area contributed by atoms with Crippen LogP contribution < -0.4 is 10.6 Å². The first-order valence-electron chi connectivity index (χ1n) is 7.02. The van der Waals surface area contributed by atoms with Gasteiger partial charge in [-0.15, -0.1) is 0 Å². The minimum atomic E-state index is -1.22. The highest BCUT2D eigenvalue weighted by Gasteiger charge is 2.40. The number of aliphatic carboxylic acids is 1. The summed E-state index contributed by atoms with van der Waals surface area (Å²) in [6.45, 7) is 1.63. The molecule has 5 nitrogen and oxygen atoms in total. The van der Waals surface area contributed by atoms with Gasteiger partial charge in [0.1, 0.15) is 11.4 Å². The lowest BCUT2D eigenvalue weighted by atomic mass is 9.82. The van der Waals surface area contributed by atoms with Crippen molar-refractivity contribution in [3.63, 3.8) is 0 Å². The number of carboxylic acid groups (broad SMARTS) is 1. The van der Waals surface area contributed by atoms with Crippen molar-refractivity contribution in [1.82, 2.24) is 5.32 Å². The van der Waals surface area contributed by atoms with E-state index >= 15 is 0 Å². The van der Waals surface area contributed by atoms with Gasteiger partial charge in [-0.3, -0.25) is 0 Å². The summed E-state index contributed by atoms with van der Waals surface area (Å²) in [5, 5.41) is 14.4. The number of hydrogen-bond donors (Lipinski definition) is 3. The molecule has 114 valence electrons. The van der Waals surface area contributed by atoms with E-state index in [0.717, 1.165) is 19.3 Å². The van der Waals surface area contributed by atoms with Crippen LogP contribution in [0.1, 0.15) is 37.7 Å². The van der Waals surface area contributed by atoms with E-state index in [4.69, 9.17) is 0 Å². The number of anilines is 1. The van der Waals surface area contributed by atoms with Gasteiger partial charge in [0.25, 0.3) is 0 Å². The summed E-state index contributed by atoms with van der Waals surface area (Å²) in [7, 11) is 0. The lowest BCUT2D eigenvalue weighted by Crippen LogP contribution is -2.56. The van der Waals surface area contributed by atoms with Crippen molar-refractivity contribution in [3.05, 3.63) is 29.6 Å². The molecule has 0 spiro atoms. The average molecular weight is 294 g/mol. The molecule has 0 atom stereocenters. The smallest absolute Gasteiger partial charge is 0.329 e. The molecule has 0 bridgehead atoms. The number of nitrogens with one attached hydrogen (secondary N) is 2. The largest absolute Gasteiger partial charge is 0.480 e. The Morgan fingerprint density at radius 3 is 2.48 bits per heavy atom. The molecule has 6 heteroatoms. The number of benzene rings is 1. The maximum atomic E-state index is 13.4.